The molecular formula is C17H22F3N3O. The SMILES string of the molecule is O=C(NCC1CCCN(Cc2ccncc2)C1)C1(C(F)(F)F)CC1. The van der Waals surface area contributed by atoms with Gasteiger partial charge >= 0.3 is 6.18 Å². The van der Waals surface area contributed by atoms with E-state index in [1.165, 1.54) is 5.56 Å². The number of likely N-dealkylation sites (tertiary alicyclic amines) is 1. The van der Waals surface area contributed by atoms with Gasteiger partial charge in [-0.3, -0.25) is 14.7 Å². The van der Waals surface area contributed by atoms with Gasteiger partial charge in [0.1, 0.15) is 5.41 Å². The highest BCUT2D eigenvalue weighted by molar-refractivity contribution is 5.86. The van der Waals surface area contributed by atoms with Gasteiger partial charge in [0, 0.05) is 32.0 Å². The Labute approximate surface area is 139 Å². The van der Waals surface area contributed by atoms with E-state index >= 15 is 0 Å². The molecule has 1 aromatic rings. The van der Waals surface area contributed by atoms with Gasteiger partial charge in [0.05, 0.1) is 0 Å². The van der Waals surface area contributed by atoms with Crippen molar-refractivity contribution in [2.75, 3.05) is 19.6 Å². The van der Waals surface area contributed by atoms with Crippen LogP contribution >= 0.6 is 0 Å². The standard InChI is InChI=1S/C17H22F3N3O/c18-17(19,20)16(5-6-16)15(24)22-10-14-2-1-9-23(12-14)11-13-3-7-21-8-4-13/h3-4,7-8,14H,1-2,5-6,9-12H2,(H,22,24). The fourth-order valence-electron chi connectivity index (χ4n) is 3.38. The summed E-state index contributed by atoms with van der Waals surface area (Å²) in [6.45, 7) is 2.89. The molecule has 7 heteroatoms. The molecule has 24 heavy (non-hydrogen) atoms. The van der Waals surface area contributed by atoms with Gasteiger partial charge < -0.3 is 5.32 Å². The number of piperidine rings is 1. The normalized spacial score (nSPS) is 23.7. The largest absolute Gasteiger partial charge is 0.403 e. The van der Waals surface area contributed by atoms with Crippen LogP contribution in [0.15, 0.2) is 24.5 Å². The third-order valence-corrected chi connectivity index (χ3v) is 5.04. The Balaban J connectivity index is 1.48. The van der Waals surface area contributed by atoms with Gasteiger partial charge in [-0.15, -0.1) is 0 Å². The minimum absolute atomic E-state index is 0.0822. The van der Waals surface area contributed by atoms with Crippen LogP contribution in [0.5, 0.6) is 0 Å². The lowest BCUT2D eigenvalue weighted by molar-refractivity contribution is -0.192. The lowest BCUT2D eigenvalue weighted by atomic mass is 9.97. The summed E-state index contributed by atoms with van der Waals surface area (Å²) in [5, 5.41) is 2.55. The molecular weight excluding hydrogens is 319 g/mol. The topological polar surface area (TPSA) is 45.2 Å². The molecule has 1 aliphatic carbocycles. The van der Waals surface area contributed by atoms with Crippen LogP contribution in [0.25, 0.3) is 0 Å². The van der Waals surface area contributed by atoms with Gasteiger partial charge in [-0.1, -0.05) is 0 Å². The first-order valence-corrected chi connectivity index (χ1v) is 8.37. The highest BCUT2D eigenvalue weighted by Gasteiger charge is 2.68. The van der Waals surface area contributed by atoms with Gasteiger partial charge in [-0.25, -0.2) is 0 Å². The second kappa shape index (κ2) is 6.70. The predicted octanol–water partition coefficient (Wildman–Crippen LogP) is 2.75. The molecule has 1 atom stereocenters. The van der Waals surface area contributed by atoms with Crippen LogP contribution < -0.4 is 5.32 Å². The summed E-state index contributed by atoms with van der Waals surface area (Å²) in [5.74, 6) is -0.644. The first kappa shape index (κ1) is 17.2. The number of alkyl halides is 3. The molecule has 2 fully saturated rings. The van der Waals surface area contributed by atoms with Gasteiger partial charge in [-0.2, -0.15) is 13.2 Å². The number of nitrogens with one attached hydrogen (secondary N) is 1. The highest BCUT2D eigenvalue weighted by Crippen LogP contribution is 2.57. The summed E-state index contributed by atoms with van der Waals surface area (Å²) in [7, 11) is 0. The summed E-state index contributed by atoms with van der Waals surface area (Å²) in [4.78, 5) is 18.2. The Bertz CT molecular complexity index is 572. The highest BCUT2D eigenvalue weighted by atomic mass is 19.4. The maximum Gasteiger partial charge on any atom is 0.403 e. The fourth-order valence-corrected chi connectivity index (χ4v) is 3.38. The molecule has 1 aliphatic heterocycles. The maximum atomic E-state index is 12.9. The Morgan fingerprint density at radius 1 is 1.33 bits per heavy atom. The van der Waals surface area contributed by atoms with Crippen molar-refractivity contribution in [3.8, 4) is 0 Å². The molecule has 0 radical (unpaired) electrons. The fraction of sp³-hybridized carbons (Fsp3) is 0.647. The lowest BCUT2D eigenvalue weighted by Gasteiger charge is -2.33. The van der Waals surface area contributed by atoms with Crippen LogP contribution in [0.3, 0.4) is 0 Å². The average Bonchev–Trinajstić information content (AvgIpc) is 3.36. The zero-order valence-corrected chi connectivity index (χ0v) is 13.5. The zero-order chi connectivity index (χ0) is 17.2. The van der Waals surface area contributed by atoms with E-state index in [4.69, 9.17) is 0 Å². The monoisotopic (exact) mass is 341 g/mol. The van der Waals surface area contributed by atoms with E-state index in [1.54, 1.807) is 12.4 Å². The summed E-state index contributed by atoms with van der Waals surface area (Å²) in [6, 6.07) is 3.93. The van der Waals surface area contributed by atoms with E-state index in [-0.39, 0.29) is 18.8 Å². The smallest absolute Gasteiger partial charge is 0.355 e. The summed E-state index contributed by atoms with van der Waals surface area (Å²) in [5.41, 5.74) is -0.943. The third-order valence-electron chi connectivity index (χ3n) is 5.04. The van der Waals surface area contributed by atoms with Gasteiger partial charge in [0.15, 0.2) is 0 Å². The van der Waals surface area contributed by atoms with Gasteiger partial charge in [0.2, 0.25) is 5.91 Å². The van der Waals surface area contributed by atoms with Crippen molar-refractivity contribution in [3.05, 3.63) is 30.1 Å². The minimum atomic E-state index is -4.43. The van der Waals surface area contributed by atoms with Crippen molar-refractivity contribution in [3.63, 3.8) is 0 Å². The van der Waals surface area contributed by atoms with Crippen LogP contribution in [0.1, 0.15) is 31.2 Å². The Morgan fingerprint density at radius 3 is 2.67 bits per heavy atom. The predicted molar refractivity (Wildman–Crippen MR) is 83.0 cm³/mol. The average molecular weight is 341 g/mol. The third kappa shape index (κ3) is 3.71. The number of aromatic nitrogens is 1. The molecule has 0 aromatic carbocycles. The first-order chi connectivity index (χ1) is 11.4. The number of halogens is 3. The molecule has 132 valence electrons. The van der Waals surface area contributed by atoms with E-state index in [9.17, 15) is 18.0 Å². The van der Waals surface area contributed by atoms with E-state index in [2.05, 4.69) is 15.2 Å². The summed E-state index contributed by atoms with van der Waals surface area (Å²) >= 11 is 0. The van der Waals surface area contributed by atoms with Crippen molar-refractivity contribution >= 4 is 5.91 Å². The van der Waals surface area contributed by atoms with Crippen LogP contribution in [-0.4, -0.2) is 41.6 Å². The van der Waals surface area contributed by atoms with Crippen molar-refractivity contribution in [2.24, 2.45) is 11.3 Å². The van der Waals surface area contributed by atoms with E-state index < -0.39 is 17.5 Å². The number of hydrogen-bond acceptors (Lipinski definition) is 3. The number of amides is 1. The Morgan fingerprint density at radius 2 is 2.04 bits per heavy atom. The number of rotatable bonds is 5. The van der Waals surface area contributed by atoms with Crippen LogP contribution in [0.4, 0.5) is 13.2 Å². The summed E-state index contributed by atoms with van der Waals surface area (Å²) < 4.78 is 38.8. The van der Waals surface area contributed by atoms with E-state index in [1.807, 2.05) is 12.1 Å². The van der Waals surface area contributed by atoms with Crippen molar-refractivity contribution < 1.29 is 18.0 Å². The molecule has 3 rings (SSSR count). The van der Waals surface area contributed by atoms with Crippen molar-refractivity contribution in [1.29, 1.82) is 0 Å². The van der Waals surface area contributed by atoms with Gasteiger partial charge in [-0.05, 0) is 55.8 Å². The molecule has 1 saturated carbocycles. The molecule has 2 heterocycles. The molecule has 1 saturated heterocycles. The van der Waals surface area contributed by atoms with Crippen LogP contribution in [0.2, 0.25) is 0 Å². The van der Waals surface area contributed by atoms with Gasteiger partial charge in [0.25, 0.3) is 0 Å². The molecule has 1 aromatic heterocycles. The molecule has 0 spiro atoms. The van der Waals surface area contributed by atoms with E-state index in [0.717, 1.165) is 32.5 Å². The molecule has 2 aliphatic rings. The quantitative estimate of drug-likeness (QED) is 0.896. The second-order valence-electron chi connectivity index (χ2n) is 6.89. The Kier molecular flexibility index (Phi) is 4.80. The summed E-state index contributed by atoms with van der Waals surface area (Å²) in [6.07, 6.45) is 0.841. The van der Waals surface area contributed by atoms with Crippen LogP contribution in [-0.2, 0) is 11.3 Å². The Hall–Kier alpha value is -1.63. The molecule has 1 unspecified atom stereocenters. The zero-order valence-electron chi connectivity index (χ0n) is 13.5. The molecule has 1 amide bonds. The van der Waals surface area contributed by atoms with E-state index in [0.29, 0.717) is 6.54 Å². The maximum absolute atomic E-state index is 12.9. The molecule has 1 N–H and O–H groups in total. The minimum Gasteiger partial charge on any atom is -0.355 e. The molecule has 0 bridgehead atoms. The second-order valence-corrected chi connectivity index (χ2v) is 6.89. The van der Waals surface area contributed by atoms with Crippen molar-refractivity contribution in [1.82, 2.24) is 15.2 Å². The number of pyridine rings is 1. The van der Waals surface area contributed by atoms with Crippen LogP contribution in [0, 0.1) is 11.3 Å². The number of carbonyl (C=O) groups excluding carboxylic acids is 1. The lowest BCUT2D eigenvalue weighted by Crippen LogP contribution is -2.45. The number of carbonyl (C=O) groups is 1. The van der Waals surface area contributed by atoms with Crippen molar-refractivity contribution in [2.45, 2.75) is 38.4 Å². The molecule has 4 nitrogen and oxygen atoms in total. The first-order valence-electron chi connectivity index (χ1n) is 8.37. The number of hydrogen-bond donors (Lipinski definition) is 1. The number of nitrogens with zero attached hydrogens (tertiary/aromatic N) is 2.